The van der Waals surface area contributed by atoms with Gasteiger partial charge < -0.3 is 24.8 Å². The number of esters is 2. The first kappa shape index (κ1) is 25.2. The van der Waals surface area contributed by atoms with Gasteiger partial charge in [-0.25, -0.2) is 14.6 Å². The molecule has 4 rings (SSSR count). The normalized spacial score (nSPS) is 21.4. The number of ether oxygens (including phenoxy) is 3. The van der Waals surface area contributed by atoms with Crippen molar-refractivity contribution in [3.63, 3.8) is 0 Å². The lowest BCUT2D eigenvalue weighted by atomic mass is 9.68. The first-order chi connectivity index (χ1) is 17.3. The number of nitrogens with one attached hydrogen (secondary N) is 2. The lowest BCUT2D eigenvalue weighted by Crippen LogP contribution is -2.66. The summed E-state index contributed by atoms with van der Waals surface area (Å²) in [6.07, 6.45) is 0. The van der Waals surface area contributed by atoms with Crippen LogP contribution in [0.1, 0.15) is 25.3 Å². The van der Waals surface area contributed by atoms with Crippen LogP contribution in [0.25, 0.3) is 11.3 Å². The van der Waals surface area contributed by atoms with Crippen molar-refractivity contribution >= 4 is 28.4 Å². The minimum Gasteiger partial charge on any atom is -0.497 e. The van der Waals surface area contributed by atoms with Crippen molar-refractivity contribution in [3.05, 3.63) is 76.8 Å². The highest BCUT2D eigenvalue weighted by molar-refractivity contribution is 7.14. The molecule has 0 radical (unpaired) electrons. The summed E-state index contributed by atoms with van der Waals surface area (Å²) in [5.41, 5.74) is 1.97. The number of hydrogen-bond acceptors (Lipinski definition) is 9. The van der Waals surface area contributed by atoms with Crippen LogP contribution < -0.4 is 15.4 Å². The van der Waals surface area contributed by atoms with Gasteiger partial charge in [0.15, 0.2) is 10.7 Å². The molecule has 2 heterocycles. The van der Waals surface area contributed by atoms with Gasteiger partial charge in [-0.1, -0.05) is 42.5 Å². The molecule has 1 aliphatic rings. The number of allylic oxidation sites excluding steroid dienone is 1. The molecule has 0 fully saturated rings. The fourth-order valence-electron chi connectivity index (χ4n) is 4.78. The van der Waals surface area contributed by atoms with Crippen LogP contribution in [0.5, 0.6) is 5.75 Å². The van der Waals surface area contributed by atoms with Crippen LogP contribution in [0.4, 0.5) is 5.13 Å². The van der Waals surface area contributed by atoms with Gasteiger partial charge in [0.05, 0.1) is 44.6 Å². The number of nitrogens with zero attached hydrogens (tertiary/aromatic N) is 1. The fraction of sp³-hybridized carbons (Fsp3) is 0.296. The Hall–Kier alpha value is -3.85. The molecule has 1 aromatic heterocycles. The molecule has 3 aromatic rings. The van der Waals surface area contributed by atoms with Crippen molar-refractivity contribution in [2.45, 2.75) is 31.3 Å². The minimum atomic E-state index is -1.40. The van der Waals surface area contributed by atoms with Crippen LogP contribution in [0, 0.1) is 0 Å². The third kappa shape index (κ3) is 4.42. The number of hydrogen-bond donors (Lipinski definition) is 2. The molecule has 0 aliphatic carbocycles. The van der Waals surface area contributed by atoms with Gasteiger partial charge >= 0.3 is 11.9 Å². The average Bonchev–Trinajstić information content (AvgIpc) is 3.38. The van der Waals surface area contributed by atoms with E-state index in [1.807, 2.05) is 73.8 Å². The molecule has 9 heteroatoms. The van der Waals surface area contributed by atoms with Crippen molar-refractivity contribution in [2.75, 3.05) is 26.6 Å². The zero-order chi connectivity index (χ0) is 25.9. The molecule has 3 unspecified atom stereocenters. The van der Waals surface area contributed by atoms with Crippen molar-refractivity contribution < 1.29 is 23.8 Å². The Morgan fingerprint density at radius 3 is 2.47 bits per heavy atom. The second-order valence-electron chi connectivity index (χ2n) is 8.50. The summed E-state index contributed by atoms with van der Waals surface area (Å²) in [4.78, 5) is 31.5. The van der Waals surface area contributed by atoms with Crippen LogP contribution in [0.3, 0.4) is 0 Å². The van der Waals surface area contributed by atoms with E-state index in [0.29, 0.717) is 16.4 Å². The highest BCUT2D eigenvalue weighted by Crippen LogP contribution is 2.45. The van der Waals surface area contributed by atoms with Gasteiger partial charge in [-0.15, -0.1) is 11.3 Å². The van der Waals surface area contributed by atoms with Crippen LogP contribution >= 0.6 is 11.3 Å². The van der Waals surface area contributed by atoms with E-state index in [4.69, 9.17) is 19.2 Å². The summed E-state index contributed by atoms with van der Waals surface area (Å²) in [5.74, 6) is -1.03. The Labute approximate surface area is 214 Å². The summed E-state index contributed by atoms with van der Waals surface area (Å²) in [6.45, 7) is 3.69. The molecule has 0 saturated heterocycles. The Morgan fingerprint density at radius 2 is 1.81 bits per heavy atom. The average molecular weight is 508 g/mol. The van der Waals surface area contributed by atoms with Gasteiger partial charge in [0.1, 0.15) is 5.75 Å². The third-order valence-corrected chi connectivity index (χ3v) is 7.27. The van der Waals surface area contributed by atoms with Crippen molar-refractivity contribution in [1.29, 1.82) is 0 Å². The van der Waals surface area contributed by atoms with Crippen molar-refractivity contribution in [2.24, 2.45) is 0 Å². The molecule has 1 aliphatic heterocycles. The van der Waals surface area contributed by atoms with E-state index in [2.05, 4.69) is 10.6 Å². The van der Waals surface area contributed by atoms with Crippen LogP contribution in [-0.4, -0.2) is 49.8 Å². The Kier molecular flexibility index (Phi) is 7.30. The van der Waals surface area contributed by atoms with E-state index in [1.165, 1.54) is 25.6 Å². The molecule has 188 valence electrons. The van der Waals surface area contributed by atoms with E-state index >= 15 is 0 Å². The van der Waals surface area contributed by atoms with Gasteiger partial charge in [0.25, 0.3) is 0 Å². The summed E-state index contributed by atoms with van der Waals surface area (Å²) >= 11 is 1.36. The largest absolute Gasteiger partial charge is 0.497 e. The maximum Gasteiger partial charge on any atom is 0.336 e. The van der Waals surface area contributed by atoms with Gasteiger partial charge in [-0.3, -0.25) is 0 Å². The molecular weight excluding hydrogens is 478 g/mol. The van der Waals surface area contributed by atoms with Crippen LogP contribution in [0.15, 0.2) is 71.2 Å². The maximum atomic E-state index is 13.7. The van der Waals surface area contributed by atoms with Gasteiger partial charge in [-0.2, -0.15) is 0 Å². The number of methoxy groups -OCH3 is 3. The quantitative estimate of drug-likeness (QED) is 0.455. The Bertz CT molecular complexity index is 1290. The molecule has 2 N–H and O–H groups in total. The van der Waals surface area contributed by atoms with Crippen molar-refractivity contribution in [1.82, 2.24) is 10.3 Å². The second-order valence-corrected chi connectivity index (χ2v) is 9.35. The number of rotatable bonds is 7. The smallest absolute Gasteiger partial charge is 0.336 e. The molecule has 36 heavy (non-hydrogen) atoms. The standard InChI is InChI=1S/C27H29N3O5S/c1-16-22(24(31)34-4)23(18-10-7-6-8-11-18)27(17(2)28-16,25(32)35-5)30-26-29-21(15-36-26)19-12-9-13-20(14-19)33-3/h6-15,17,23,28H,1-5H3,(H,29,30). The maximum absolute atomic E-state index is 13.7. The van der Waals surface area contributed by atoms with Gasteiger partial charge in [0, 0.05) is 16.6 Å². The number of carbonyl (C=O) groups excluding carboxylic acids is 2. The monoisotopic (exact) mass is 507 g/mol. The Balaban J connectivity index is 1.86. The second kappa shape index (κ2) is 10.4. The molecule has 3 atom stereocenters. The summed E-state index contributed by atoms with van der Waals surface area (Å²) in [6, 6.07) is 16.5. The summed E-state index contributed by atoms with van der Waals surface area (Å²) in [5, 5.41) is 9.11. The van der Waals surface area contributed by atoms with Gasteiger partial charge in [-0.05, 0) is 31.5 Å². The highest BCUT2D eigenvalue weighted by atomic mass is 32.1. The lowest BCUT2D eigenvalue weighted by Gasteiger charge is -2.47. The van der Waals surface area contributed by atoms with Gasteiger partial charge in [0.2, 0.25) is 0 Å². The molecule has 0 bridgehead atoms. The number of benzene rings is 2. The number of carbonyl (C=O) groups is 2. The molecule has 8 nitrogen and oxygen atoms in total. The number of thiazole rings is 1. The van der Waals surface area contributed by atoms with E-state index in [1.54, 1.807) is 7.11 Å². The number of aromatic nitrogens is 1. The molecule has 0 amide bonds. The van der Waals surface area contributed by atoms with Crippen molar-refractivity contribution in [3.8, 4) is 17.0 Å². The third-order valence-electron chi connectivity index (χ3n) is 6.51. The van der Waals surface area contributed by atoms with Crippen LogP contribution in [0.2, 0.25) is 0 Å². The van der Waals surface area contributed by atoms with E-state index in [0.717, 1.165) is 22.6 Å². The zero-order valence-corrected chi connectivity index (χ0v) is 21.6. The molecule has 0 spiro atoms. The van der Waals surface area contributed by atoms with Crippen LogP contribution in [-0.2, 0) is 19.1 Å². The predicted octanol–water partition coefficient (Wildman–Crippen LogP) is 4.36. The minimum absolute atomic E-state index is 0.351. The predicted molar refractivity (Wildman–Crippen MR) is 139 cm³/mol. The summed E-state index contributed by atoms with van der Waals surface area (Å²) in [7, 11) is 4.28. The van der Waals surface area contributed by atoms with E-state index in [9.17, 15) is 9.59 Å². The molecule has 2 aromatic carbocycles. The molecular formula is C27H29N3O5S. The first-order valence-electron chi connectivity index (χ1n) is 11.4. The molecule has 0 saturated carbocycles. The highest BCUT2D eigenvalue weighted by Gasteiger charge is 2.58. The summed E-state index contributed by atoms with van der Waals surface area (Å²) < 4.78 is 15.8. The Morgan fingerprint density at radius 1 is 1.06 bits per heavy atom. The fourth-order valence-corrected chi connectivity index (χ4v) is 5.58. The number of anilines is 1. The SMILES string of the molecule is COC(=O)C1=C(C)NC(C)C(Nc2nc(-c3cccc(OC)c3)cs2)(C(=O)OC)C1c1ccccc1. The van der Waals surface area contributed by atoms with E-state index in [-0.39, 0.29) is 0 Å². The van der Waals surface area contributed by atoms with E-state index < -0.39 is 29.4 Å². The topological polar surface area (TPSA) is 98.8 Å². The zero-order valence-electron chi connectivity index (χ0n) is 20.8. The first-order valence-corrected chi connectivity index (χ1v) is 12.3. The lowest BCUT2D eigenvalue weighted by molar-refractivity contribution is -0.148.